The standard InChI is InChI=1S/C22H32N6O2/c1-4-5-9-12-28-18-19(24(2)22(30)25(3)20(18)29)23-21(28)27-15-13-26(14-16-27)17-10-7-6-8-11-17/h6-8,10-11,18-19H,4-5,9,12-16H2,1-3H3. The van der Waals surface area contributed by atoms with Gasteiger partial charge in [-0.25, -0.2) is 9.79 Å². The Labute approximate surface area is 178 Å². The number of unbranched alkanes of at least 4 members (excludes halogenated alkanes) is 2. The molecule has 0 aromatic heterocycles. The molecule has 3 aliphatic heterocycles. The van der Waals surface area contributed by atoms with Gasteiger partial charge in [-0.15, -0.1) is 0 Å². The van der Waals surface area contributed by atoms with Crippen LogP contribution in [0.25, 0.3) is 0 Å². The van der Waals surface area contributed by atoms with Crippen LogP contribution in [0, 0.1) is 0 Å². The number of hydrogen-bond acceptors (Lipinski definition) is 6. The van der Waals surface area contributed by atoms with Crippen LogP contribution >= 0.6 is 0 Å². The predicted octanol–water partition coefficient (Wildman–Crippen LogP) is 1.89. The number of fused-ring (bicyclic) bond motifs is 1. The SMILES string of the molecule is CCCCCN1C(N2CCN(c3ccccc3)CC2)=NC2C1C(=O)N(C)C(=O)N2C. The molecule has 0 spiro atoms. The van der Waals surface area contributed by atoms with Gasteiger partial charge in [0.2, 0.25) is 0 Å². The zero-order valence-corrected chi connectivity index (χ0v) is 18.2. The fourth-order valence-electron chi connectivity index (χ4n) is 4.59. The quantitative estimate of drug-likeness (QED) is 0.691. The number of aliphatic imine (C=N–C) groups is 1. The number of carbonyl (C=O) groups excluding carboxylic acids is 2. The van der Waals surface area contributed by atoms with Crippen molar-refractivity contribution in [2.75, 3.05) is 51.7 Å². The number of carbonyl (C=O) groups is 2. The highest BCUT2D eigenvalue weighted by Crippen LogP contribution is 2.29. The summed E-state index contributed by atoms with van der Waals surface area (Å²) >= 11 is 0. The van der Waals surface area contributed by atoms with Crippen molar-refractivity contribution in [1.82, 2.24) is 19.6 Å². The molecule has 2 saturated heterocycles. The first-order valence-electron chi connectivity index (χ1n) is 11.0. The number of nitrogens with zero attached hydrogens (tertiary/aromatic N) is 6. The number of hydrogen-bond donors (Lipinski definition) is 0. The van der Waals surface area contributed by atoms with E-state index in [9.17, 15) is 9.59 Å². The van der Waals surface area contributed by atoms with Gasteiger partial charge in [0.1, 0.15) is 0 Å². The third-order valence-corrected chi connectivity index (χ3v) is 6.38. The number of piperazine rings is 1. The monoisotopic (exact) mass is 412 g/mol. The van der Waals surface area contributed by atoms with Crippen LogP contribution in [-0.4, -0.2) is 96.5 Å². The number of imide groups is 1. The topological polar surface area (TPSA) is 62.7 Å². The van der Waals surface area contributed by atoms with Gasteiger partial charge in [-0.1, -0.05) is 38.0 Å². The fraction of sp³-hybridized carbons (Fsp3) is 0.591. The second-order valence-electron chi connectivity index (χ2n) is 8.29. The van der Waals surface area contributed by atoms with Gasteiger partial charge in [-0.05, 0) is 18.6 Å². The summed E-state index contributed by atoms with van der Waals surface area (Å²) in [7, 11) is 3.31. The molecule has 0 radical (unpaired) electrons. The van der Waals surface area contributed by atoms with E-state index in [1.165, 1.54) is 10.6 Å². The molecule has 0 saturated carbocycles. The van der Waals surface area contributed by atoms with E-state index in [0.29, 0.717) is 0 Å². The van der Waals surface area contributed by atoms with E-state index in [0.717, 1.165) is 57.9 Å². The van der Waals surface area contributed by atoms with Crippen molar-refractivity contribution in [3.63, 3.8) is 0 Å². The van der Waals surface area contributed by atoms with E-state index < -0.39 is 12.2 Å². The van der Waals surface area contributed by atoms with Crippen LogP contribution in [0.1, 0.15) is 26.2 Å². The smallest absolute Gasteiger partial charge is 0.328 e. The largest absolute Gasteiger partial charge is 0.368 e. The summed E-state index contributed by atoms with van der Waals surface area (Å²) in [5.41, 5.74) is 1.24. The van der Waals surface area contributed by atoms with Crippen LogP contribution in [-0.2, 0) is 4.79 Å². The average molecular weight is 413 g/mol. The Morgan fingerprint density at radius 3 is 2.30 bits per heavy atom. The highest BCUT2D eigenvalue weighted by molar-refractivity contribution is 6.03. The van der Waals surface area contributed by atoms with Crippen molar-refractivity contribution in [3.05, 3.63) is 30.3 Å². The van der Waals surface area contributed by atoms with Crippen LogP contribution in [0.15, 0.2) is 35.3 Å². The fourth-order valence-corrected chi connectivity index (χ4v) is 4.59. The molecule has 1 aromatic carbocycles. The maximum Gasteiger partial charge on any atom is 0.328 e. The van der Waals surface area contributed by atoms with E-state index in [1.807, 2.05) is 6.07 Å². The van der Waals surface area contributed by atoms with Crippen molar-refractivity contribution in [2.24, 2.45) is 4.99 Å². The molecule has 0 bridgehead atoms. The van der Waals surface area contributed by atoms with Gasteiger partial charge in [0.25, 0.3) is 5.91 Å². The van der Waals surface area contributed by atoms with Crippen LogP contribution < -0.4 is 4.90 Å². The minimum Gasteiger partial charge on any atom is -0.368 e. The molecule has 2 unspecified atom stereocenters. The zero-order chi connectivity index (χ0) is 21.3. The first kappa shape index (κ1) is 20.5. The minimum atomic E-state index is -0.440. The van der Waals surface area contributed by atoms with Gasteiger partial charge in [0.15, 0.2) is 18.2 Å². The first-order chi connectivity index (χ1) is 14.5. The highest BCUT2D eigenvalue weighted by Gasteiger charge is 2.51. The maximum absolute atomic E-state index is 13.0. The summed E-state index contributed by atoms with van der Waals surface area (Å²) in [4.78, 5) is 40.0. The Hall–Kier alpha value is -2.77. The van der Waals surface area contributed by atoms with Crippen molar-refractivity contribution in [2.45, 2.75) is 38.4 Å². The number of amides is 3. The maximum atomic E-state index is 13.0. The number of urea groups is 1. The lowest BCUT2D eigenvalue weighted by atomic mass is 10.1. The molecular weight excluding hydrogens is 380 g/mol. The van der Waals surface area contributed by atoms with E-state index >= 15 is 0 Å². The second kappa shape index (κ2) is 8.53. The Kier molecular flexibility index (Phi) is 5.83. The molecule has 8 heteroatoms. The molecule has 30 heavy (non-hydrogen) atoms. The molecule has 8 nitrogen and oxygen atoms in total. The number of benzene rings is 1. The van der Waals surface area contributed by atoms with Crippen molar-refractivity contribution in [3.8, 4) is 0 Å². The molecule has 3 aliphatic rings. The van der Waals surface area contributed by atoms with Crippen molar-refractivity contribution < 1.29 is 9.59 Å². The Morgan fingerprint density at radius 2 is 1.63 bits per heavy atom. The number of guanidine groups is 1. The van der Waals surface area contributed by atoms with Crippen LogP contribution in [0.3, 0.4) is 0 Å². The molecule has 3 heterocycles. The van der Waals surface area contributed by atoms with Gasteiger partial charge < -0.3 is 19.6 Å². The molecule has 1 aromatic rings. The lowest BCUT2D eigenvalue weighted by Crippen LogP contribution is -2.65. The molecule has 162 valence electrons. The van der Waals surface area contributed by atoms with Crippen LogP contribution in [0.2, 0.25) is 0 Å². The van der Waals surface area contributed by atoms with Gasteiger partial charge in [0.05, 0.1) is 0 Å². The predicted molar refractivity (Wildman–Crippen MR) is 117 cm³/mol. The molecule has 4 rings (SSSR count). The van der Waals surface area contributed by atoms with E-state index in [4.69, 9.17) is 4.99 Å². The summed E-state index contributed by atoms with van der Waals surface area (Å²) in [5, 5.41) is 0. The molecule has 3 amide bonds. The van der Waals surface area contributed by atoms with Crippen molar-refractivity contribution >= 4 is 23.6 Å². The molecule has 0 aliphatic carbocycles. The lowest BCUT2D eigenvalue weighted by molar-refractivity contribution is -0.136. The number of likely N-dealkylation sites (N-methyl/N-ethyl adjacent to an activating group) is 2. The van der Waals surface area contributed by atoms with Gasteiger partial charge in [0, 0.05) is 52.5 Å². The Morgan fingerprint density at radius 1 is 0.967 bits per heavy atom. The third-order valence-electron chi connectivity index (χ3n) is 6.38. The van der Waals surface area contributed by atoms with Gasteiger partial charge in [-0.2, -0.15) is 0 Å². The number of rotatable bonds is 5. The van der Waals surface area contributed by atoms with Gasteiger partial charge >= 0.3 is 6.03 Å². The van der Waals surface area contributed by atoms with Gasteiger partial charge in [-0.3, -0.25) is 9.69 Å². The summed E-state index contributed by atoms with van der Waals surface area (Å²) in [6.07, 6.45) is 2.81. The summed E-state index contributed by atoms with van der Waals surface area (Å²) in [6.45, 7) is 6.47. The molecule has 2 atom stereocenters. The first-order valence-corrected chi connectivity index (χ1v) is 11.0. The Balaban J connectivity index is 1.53. The minimum absolute atomic E-state index is 0.152. The molecule has 2 fully saturated rings. The lowest BCUT2D eigenvalue weighted by Gasteiger charge is -2.42. The number of para-hydroxylation sites is 1. The normalized spacial score (nSPS) is 24.5. The van der Waals surface area contributed by atoms with Crippen LogP contribution in [0.4, 0.5) is 10.5 Å². The molecule has 0 N–H and O–H groups in total. The van der Waals surface area contributed by atoms with E-state index in [2.05, 4.69) is 45.9 Å². The Bertz CT molecular complexity index is 805. The zero-order valence-electron chi connectivity index (χ0n) is 18.2. The summed E-state index contributed by atoms with van der Waals surface area (Å²) in [6, 6.07) is 9.75. The summed E-state index contributed by atoms with van der Waals surface area (Å²) in [5.74, 6) is 0.721. The summed E-state index contributed by atoms with van der Waals surface area (Å²) < 4.78 is 0. The van der Waals surface area contributed by atoms with E-state index in [1.54, 1.807) is 19.0 Å². The van der Waals surface area contributed by atoms with Crippen molar-refractivity contribution in [1.29, 1.82) is 0 Å². The average Bonchev–Trinajstić information content (AvgIpc) is 3.17. The highest BCUT2D eigenvalue weighted by atomic mass is 16.2. The molecular formula is C22H32N6O2. The van der Waals surface area contributed by atoms with E-state index in [-0.39, 0.29) is 11.9 Å². The number of anilines is 1. The third kappa shape index (κ3) is 3.59. The van der Waals surface area contributed by atoms with Crippen LogP contribution in [0.5, 0.6) is 0 Å². The second-order valence-corrected chi connectivity index (χ2v) is 8.29.